The van der Waals surface area contributed by atoms with E-state index in [1.165, 1.54) is 6.07 Å². The summed E-state index contributed by atoms with van der Waals surface area (Å²) in [6.45, 7) is 4.72. The average molecular weight is 748 g/mol. The predicted molar refractivity (Wildman–Crippen MR) is 192 cm³/mol. The summed E-state index contributed by atoms with van der Waals surface area (Å²) in [4.78, 5) is 74.0. The molecule has 1 saturated carbocycles. The third-order valence-corrected chi connectivity index (χ3v) is 12.4. The summed E-state index contributed by atoms with van der Waals surface area (Å²) < 4.78 is 32.7. The first-order chi connectivity index (χ1) is 25.7. The molecule has 1 unspecified atom stereocenters. The van der Waals surface area contributed by atoms with E-state index in [1.54, 1.807) is 36.0 Å². The van der Waals surface area contributed by atoms with Crippen LogP contribution in [0.25, 0.3) is 10.9 Å². The zero-order valence-electron chi connectivity index (χ0n) is 29.3. The van der Waals surface area contributed by atoms with Crippen molar-refractivity contribution >= 4 is 46.3 Å². The van der Waals surface area contributed by atoms with Gasteiger partial charge in [0.15, 0.2) is 0 Å². The highest BCUT2D eigenvalue weighted by molar-refractivity contribution is 7.99. The number of ether oxygens (including phenoxy) is 3. The normalized spacial score (nSPS) is 24.3. The molecule has 53 heavy (non-hydrogen) atoms. The van der Waals surface area contributed by atoms with Crippen LogP contribution < -0.4 is 20.3 Å². The number of nitrogens with zero attached hydrogens (tertiary/aromatic N) is 3. The monoisotopic (exact) mass is 747 g/mol. The van der Waals surface area contributed by atoms with Gasteiger partial charge in [0.1, 0.15) is 34.6 Å². The Balaban J connectivity index is 0.793. The number of nitrogens with one attached hydrogen (secondary N) is 2. The van der Waals surface area contributed by atoms with E-state index in [2.05, 4.69) is 20.2 Å². The number of piperidine rings is 2. The van der Waals surface area contributed by atoms with Gasteiger partial charge in [-0.25, -0.2) is 9.37 Å². The third-order valence-electron chi connectivity index (χ3n) is 11.0. The minimum absolute atomic E-state index is 0.0539. The second-order valence-corrected chi connectivity index (χ2v) is 16.0. The molecule has 0 bridgehead atoms. The summed E-state index contributed by atoms with van der Waals surface area (Å²) in [5.41, 5.74) is 0.209. The Kier molecular flexibility index (Phi) is 10.2. The molecule has 2 N–H and O–H groups in total. The van der Waals surface area contributed by atoms with Gasteiger partial charge in [0.2, 0.25) is 11.8 Å². The molecule has 5 heterocycles. The number of likely N-dealkylation sites (tertiary alicyclic amines) is 1. The van der Waals surface area contributed by atoms with Gasteiger partial charge in [-0.05, 0) is 82.0 Å². The molecule has 5 aliphatic rings. The molecule has 2 aromatic carbocycles. The number of hydrogen-bond acceptors (Lipinski definition) is 11. The van der Waals surface area contributed by atoms with Crippen LogP contribution in [0.15, 0.2) is 35.1 Å². The molecule has 3 aromatic rings. The standard InChI is InChI=1S/C38H42FN5O8S/c39-27-16-23(17-28-34(27)36(47)41-31(40-28)20-53-25-8-12-50-13-9-25)51-19-21-6-10-43(11-7-21)18-22-14-24(15-22)52-30-3-1-2-26-33(30)38(49)44(37(26)48)29-4-5-32(45)42-35(29)46/h1-3,16-17,21-22,24-25,29H,4-15,18-20H2,(H,40,41,47)(H,42,45,46)/t22-,24-,29?. The molecule has 3 saturated heterocycles. The molecule has 0 radical (unpaired) electrons. The number of carbonyl (C=O) groups is 4. The van der Waals surface area contributed by atoms with E-state index in [0.29, 0.717) is 52.3 Å². The summed E-state index contributed by atoms with van der Waals surface area (Å²) in [6.07, 6.45) is 5.56. The molecule has 0 spiro atoms. The van der Waals surface area contributed by atoms with Gasteiger partial charge in [-0.2, -0.15) is 11.8 Å². The number of aromatic nitrogens is 2. The van der Waals surface area contributed by atoms with Crippen LogP contribution in [0.5, 0.6) is 11.5 Å². The number of fused-ring (bicyclic) bond motifs is 2. The topological polar surface area (TPSA) is 160 Å². The second-order valence-electron chi connectivity index (χ2n) is 14.7. The second kappa shape index (κ2) is 15.2. The lowest BCUT2D eigenvalue weighted by Gasteiger charge is -2.40. The van der Waals surface area contributed by atoms with Crippen LogP contribution >= 0.6 is 11.8 Å². The summed E-state index contributed by atoms with van der Waals surface area (Å²) in [7, 11) is 0. The van der Waals surface area contributed by atoms with Crippen molar-refractivity contribution in [2.45, 2.75) is 74.5 Å². The highest BCUT2D eigenvalue weighted by atomic mass is 32.2. The predicted octanol–water partition coefficient (Wildman–Crippen LogP) is 3.82. The van der Waals surface area contributed by atoms with Crippen molar-refractivity contribution in [3.63, 3.8) is 0 Å². The number of H-pyrrole nitrogens is 1. The number of halogens is 1. The van der Waals surface area contributed by atoms with Crippen LogP contribution in [-0.2, 0) is 20.1 Å². The number of thioether (sulfide) groups is 1. The van der Waals surface area contributed by atoms with Crippen molar-refractivity contribution in [3.05, 3.63) is 63.5 Å². The van der Waals surface area contributed by atoms with Gasteiger partial charge in [0.05, 0.1) is 35.1 Å². The van der Waals surface area contributed by atoms with Gasteiger partial charge in [-0.1, -0.05) is 6.07 Å². The zero-order chi connectivity index (χ0) is 36.6. The van der Waals surface area contributed by atoms with Gasteiger partial charge in [0.25, 0.3) is 17.4 Å². The highest BCUT2D eigenvalue weighted by Gasteiger charge is 2.46. The maximum atomic E-state index is 15.0. The van der Waals surface area contributed by atoms with E-state index in [4.69, 9.17) is 14.2 Å². The first-order valence-corrected chi connectivity index (χ1v) is 19.5. The third kappa shape index (κ3) is 7.56. The Hall–Kier alpha value is -4.34. The Morgan fingerprint density at radius 2 is 1.75 bits per heavy atom. The Morgan fingerprint density at radius 3 is 2.53 bits per heavy atom. The van der Waals surface area contributed by atoms with Gasteiger partial charge in [-0.15, -0.1) is 0 Å². The maximum absolute atomic E-state index is 15.0. The fourth-order valence-corrected chi connectivity index (χ4v) is 9.09. The van der Waals surface area contributed by atoms with E-state index in [-0.39, 0.29) is 35.5 Å². The molecule has 13 nitrogen and oxygen atoms in total. The van der Waals surface area contributed by atoms with Gasteiger partial charge in [-0.3, -0.25) is 34.2 Å². The molecule has 4 amide bonds. The molecular weight excluding hydrogens is 706 g/mol. The number of aromatic amines is 1. The minimum atomic E-state index is -1.02. The zero-order valence-corrected chi connectivity index (χ0v) is 30.1. The lowest BCUT2D eigenvalue weighted by atomic mass is 9.81. The summed E-state index contributed by atoms with van der Waals surface area (Å²) in [6, 6.07) is 6.84. The number of hydrogen-bond donors (Lipinski definition) is 2. The van der Waals surface area contributed by atoms with Gasteiger partial charge >= 0.3 is 0 Å². The van der Waals surface area contributed by atoms with Crippen molar-refractivity contribution in [1.29, 1.82) is 0 Å². The quantitative estimate of drug-likeness (QED) is 0.275. The minimum Gasteiger partial charge on any atom is -0.493 e. The molecule has 8 rings (SSSR count). The van der Waals surface area contributed by atoms with Crippen LogP contribution in [0.1, 0.15) is 77.9 Å². The molecule has 1 aromatic heterocycles. The van der Waals surface area contributed by atoms with Crippen molar-refractivity contribution in [2.24, 2.45) is 11.8 Å². The van der Waals surface area contributed by atoms with Crippen LogP contribution in [0.4, 0.5) is 4.39 Å². The number of amides is 4. The lowest BCUT2D eigenvalue weighted by Crippen LogP contribution is -2.54. The largest absolute Gasteiger partial charge is 0.493 e. The van der Waals surface area contributed by atoms with E-state index in [1.807, 2.05) is 0 Å². The Labute approximate surface area is 309 Å². The van der Waals surface area contributed by atoms with Crippen molar-refractivity contribution in [3.8, 4) is 11.5 Å². The van der Waals surface area contributed by atoms with Crippen molar-refractivity contribution in [2.75, 3.05) is 39.5 Å². The molecule has 15 heteroatoms. The fraction of sp³-hybridized carbons (Fsp3) is 0.526. The van der Waals surface area contributed by atoms with Gasteiger partial charge < -0.3 is 24.1 Å². The summed E-state index contributed by atoms with van der Waals surface area (Å²) in [5.74, 6) is -0.259. The van der Waals surface area contributed by atoms with Gasteiger partial charge in [0, 0.05) is 43.6 Å². The van der Waals surface area contributed by atoms with Crippen LogP contribution in [0, 0.1) is 17.7 Å². The molecule has 1 atom stereocenters. The molecule has 1 aliphatic carbocycles. The average Bonchev–Trinajstić information content (AvgIpc) is 3.39. The van der Waals surface area contributed by atoms with Crippen LogP contribution in [-0.4, -0.2) is 100 Å². The Bertz CT molecular complexity index is 1990. The van der Waals surface area contributed by atoms with Crippen molar-refractivity contribution < 1.29 is 37.8 Å². The SMILES string of the molecule is O=C1CCC(N2C(=O)c3cccc(O[C@H]4C[C@H](CN5CCC(COc6cc(F)c7c(=O)[nH]c(CSC8CCOCC8)nc7c6)CC5)C4)c3C2=O)C(=O)N1. The number of imide groups is 2. The van der Waals surface area contributed by atoms with E-state index < -0.39 is 41.0 Å². The molecule has 280 valence electrons. The first kappa shape index (κ1) is 35.7. The molecule has 4 aliphatic heterocycles. The lowest BCUT2D eigenvalue weighted by molar-refractivity contribution is -0.136. The van der Waals surface area contributed by atoms with Crippen molar-refractivity contribution in [1.82, 2.24) is 25.1 Å². The van der Waals surface area contributed by atoms with E-state index in [0.717, 1.165) is 76.3 Å². The molecule has 4 fully saturated rings. The summed E-state index contributed by atoms with van der Waals surface area (Å²) in [5, 5.41) is 2.62. The van der Waals surface area contributed by atoms with Crippen LogP contribution in [0.3, 0.4) is 0 Å². The smallest absolute Gasteiger partial charge is 0.266 e. The Morgan fingerprint density at radius 1 is 0.962 bits per heavy atom. The number of benzene rings is 2. The van der Waals surface area contributed by atoms with Crippen LogP contribution in [0.2, 0.25) is 0 Å². The fourth-order valence-electron chi connectivity index (χ4n) is 8.04. The van der Waals surface area contributed by atoms with E-state index in [9.17, 15) is 24.0 Å². The highest BCUT2D eigenvalue weighted by Crippen LogP contribution is 2.38. The molecular formula is C38H42FN5O8S. The summed E-state index contributed by atoms with van der Waals surface area (Å²) >= 11 is 1.73. The number of rotatable bonds is 11. The first-order valence-electron chi connectivity index (χ1n) is 18.5. The van der Waals surface area contributed by atoms with E-state index >= 15 is 4.39 Å². The number of carbonyl (C=O) groups excluding carboxylic acids is 4. The maximum Gasteiger partial charge on any atom is 0.266 e.